The van der Waals surface area contributed by atoms with E-state index in [0.717, 1.165) is 11.3 Å². The van der Waals surface area contributed by atoms with E-state index in [9.17, 15) is 4.79 Å². The van der Waals surface area contributed by atoms with Gasteiger partial charge in [0.2, 0.25) is 0 Å². The van der Waals surface area contributed by atoms with Crippen molar-refractivity contribution in [3.05, 3.63) is 78.0 Å². The van der Waals surface area contributed by atoms with Crippen molar-refractivity contribution in [1.29, 1.82) is 0 Å². The SMILES string of the molecule is Cc1ccc(Nc2cnc(C(=O)NCc3ccncc3)cn2)cc1. The van der Waals surface area contributed by atoms with Crippen molar-refractivity contribution in [2.75, 3.05) is 5.32 Å². The Kier molecular flexibility index (Phi) is 4.76. The molecule has 6 nitrogen and oxygen atoms in total. The van der Waals surface area contributed by atoms with Gasteiger partial charge in [-0.2, -0.15) is 0 Å². The predicted octanol–water partition coefficient (Wildman–Crippen LogP) is 2.85. The molecule has 0 unspecified atom stereocenters. The third-order valence-electron chi connectivity index (χ3n) is 3.41. The monoisotopic (exact) mass is 319 g/mol. The average molecular weight is 319 g/mol. The fourth-order valence-electron chi connectivity index (χ4n) is 2.07. The molecule has 2 heterocycles. The minimum atomic E-state index is -0.263. The number of nitrogens with one attached hydrogen (secondary N) is 2. The number of benzene rings is 1. The number of nitrogens with zero attached hydrogens (tertiary/aromatic N) is 3. The van der Waals surface area contributed by atoms with E-state index >= 15 is 0 Å². The van der Waals surface area contributed by atoms with Gasteiger partial charge < -0.3 is 10.6 Å². The molecular formula is C18H17N5O. The van der Waals surface area contributed by atoms with Crippen molar-refractivity contribution in [3.63, 3.8) is 0 Å². The van der Waals surface area contributed by atoms with E-state index in [1.807, 2.05) is 43.3 Å². The number of anilines is 2. The lowest BCUT2D eigenvalue weighted by molar-refractivity contribution is 0.0945. The molecule has 2 aromatic heterocycles. The van der Waals surface area contributed by atoms with Gasteiger partial charge >= 0.3 is 0 Å². The van der Waals surface area contributed by atoms with Crippen LogP contribution in [0.4, 0.5) is 11.5 Å². The summed E-state index contributed by atoms with van der Waals surface area (Å²) in [5, 5.41) is 5.94. The van der Waals surface area contributed by atoms with Gasteiger partial charge in [-0.15, -0.1) is 0 Å². The first-order valence-electron chi connectivity index (χ1n) is 7.53. The summed E-state index contributed by atoms with van der Waals surface area (Å²) in [5.41, 5.74) is 3.36. The van der Waals surface area contributed by atoms with Crippen LogP contribution < -0.4 is 10.6 Å². The molecule has 2 N–H and O–H groups in total. The summed E-state index contributed by atoms with van der Waals surface area (Å²) in [6.07, 6.45) is 6.37. The van der Waals surface area contributed by atoms with Crippen LogP contribution in [0.2, 0.25) is 0 Å². The second kappa shape index (κ2) is 7.32. The molecule has 0 fully saturated rings. The highest BCUT2D eigenvalue weighted by Crippen LogP contribution is 2.14. The molecule has 6 heteroatoms. The number of aromatic nitrogens is 3. The highest BCUT2D eigenvalue weighted by Gasteiger charge is 2.08. The van der Waals surface area contributed by atoms with Gasteiger partial charge in [-0.1, -0.05) is 17.7 Å². The van der Waals surface area contributed by atoms with Crippen molar-refractivity contribution in [2.24, 2.45) is 0 Å². The number of hydrogen-bond donors (Lipinski definition) is 2. The van der Waals surface area contributed by atoms with Crippen LogP contribution in [-0.2, 0) is 6.54 Å². The molecule has 0 radical (unpaired) electrons. The second-order valence-electron chi connectivity index (χ2n) is 5.32. The van der Waals surface area contributed by atoms with Crippen LogP contribution in [0.5, 0.6) is 0 Å². The summed E-state index contributed by atoms with van der Waals surface area (Å²) in [5.74, 6) is 0.325. The van der Waals surface area contributed by atoms with E-state index in [1.165, 1.54) is 11.8 Å². The van der Waals surface area contributed by atoms with Crippen LogP contribution >= 0.6 is 0 Å². The zero-order valence-corrected chi connectivity index (χ0v) is 13.2. The largest absolute Gasteiger partial charge is 0.347 e. The number of amides is 1. The first-order valence-corrected chi connectivity index (χ1v) is 7.53. The number of rotatable bonds is 5. The van der Waals surface area contributed by atoms with Gasteiger partial charge in [-0.3, -0.25) is 9.78 Å². The minimum Gasteiger partial charge on any atom is -0.347 e. The Balaban J connectivity index is 1.59. The molecular weight excluding hydrogens is 302 g/mol. The lowest BCUT2D eigenvalue weighted by atomic mass is 10.2. The Morgan fingerprint density at radius 1 is 1.00 bits per heavy atom. The Labute approximate surface area is 140 Å². The maximum atomic E-state index is 12.1. The number of aryl methyl sites for hydroxylation is 1. The lowest BCUT2D eigenvalue weighted by Crippen LogP contribution is -2.24. The van der Waals surface area contributed by atoms with Crippen LogP contribution in [0.25, 0.3) is 0 Å². The summed E-state index contributed by atoms with van der Waals surface area (Å²) in [4.78, 5) is 24.4. The number of carbonyl (C=O) groups excluding carboxylic acids is 1. The fraction of sp³-hybridized carbons (Fsp3) is 0.111. The number of hydrogen-bond acceptors (Lipinski definition) is 5. The van der Waals surface area contributed by atoms with E-state index in [4.69, 9.17) is 0 Å². The smallest absolute Gasteiger partial charge is 0.271 e. The van der Waals surface area contributed by atoms with Gasteiger partial charge in [-0.05, 0) is 36.8 Å². The van der Waals surface area contributed by atoms with Crippen molar-refractivity contribution in [1.82, 2.24) is 20.3 Å². The van der Waals surface area contributed by atoms with Gasteiger partial charge in [0.25, 0.3) is 5.91 Å². The minimum absolute atomic E-state index is 0.263. The van der Waals surface area contributed by atoms with E-state index < -0.39 is 0 Å². The molecule has 0 aliphatic carbocycles. The van der Waals surface area contributed by atoms with Gasteiger partial charge in [0.1, 0.15) is 11.5 Å². The number of carbonyl (C=O) groups is 1. The Morgan fingerprint density at radius 2 is 1.75 bits per heavy atom. The van der Waals surface area contributed by atoms with Gasteiger partial charge in [0.05, 0.1) is 12.4 Å². The first-order chi connectivity index (χ1) is 11.7. The summed E-state index contributed by atoms with van der Waals surface area (Å²) >= 11 is 0. The maximum Gasteiger partial charge on any atom is 0.271 e. The molecule has 3 aromatic rings. The van der Waals surface area contributed by atoms with Crippen molar-refractivity contribution in [2.45, 2.75) is 13.5 Å². The molecule has 120 valence electrons. The van der Waals surface area contributed by atoms with Gasteiger partial charge in [0, 0.05) is 24.6 Å². The summed E-state index contributed by atoms with van der Waals surface area (Å²) in [6.45, 7) is 2.45. The molecule has 0 bridgehead atoms. The zero-order chi connectivity index (χ0) is 16.8. The van der Waals surface area contributed by atoms with Crippen molar-refractivity contribution in [3.8, 4) is 0 Å². The normalized spacial score (nSPS) is 10.2. The lowest BCUT2D eigenvalue weighted by Gasteiger charge is -2.07. The molecule has 0 atom stereocenters. The second-order valence-corrected chi connectivity index (χ2v) is 5.32. The van der Waals surface area contributed by atoms with E-state index in [2.05, 4.69) is 25.6 Å². The summed E-state index contributed by atoms with van der Waals surface area (Å²) in [7, 11) is 0. The number of pyridine rings is 1. The van der Waals surface area contributed by atoms with Gasteiger partial charge in [-0.25, -0.2) is 9.97 Å². The molecule has 3 rings (SSSR count). The van der Waals surface area contributed by atoms with Crippen LogP contribution in [0.1, 0.15) is 21.6 Å². The molecule has 0 spiro atoms. The van der Waals surface area contributed by atoms with Crippen LogP contribution in [0.15, 0.2) is 61.2 Å². The maximum absolute atomic E-state index is 12.1. The van der Waals surface area contributed by atoms with E-state index in [1.54, 1.807) is 18.6 Å². The predicted molar refractivity (Wildman–Crippen MR) is 91.9 cm³/mol. The fourth-order valence-corrected chi connectivity index (χ4v) is 2.07. The molecule has 0 aliphatic heterocycles. The molecule has 0 saturated carbocycles. The standard InChI is InChI=1S/C18H17N5O/c1-13-2-4-15(5-3-13)23-17-12-20-16(11-21-17)18(24)22-10-14-6-8-19-9-7-14/h2-9,11-12H,10H2,1H3,(H,21,23)(H,22,24). The highest BCUT2D eigenvalue weighted by atomic mass is 16.1. The van der Waals surface area contributed by atoms with Crippen LogP contribution in [0.3, 0.4) is 0 Å². The Bertz CT molecular complexity index is 801. The van der Waals surface area contributed by atoms with E-state index in [0.29, 0.717) is 12.4 Å². The first kappa shape index (κ1) is 15.6. The van der Waals surface area contributed by atoms with E-state index in [-0.39, 0.29) is 11.6 Å². The van der Waals surface area contributed by atoms with Crippen molar-refractivity contribution < 1.29 is 4.79 Å². The third-order valence-corrected chi connectivity index (χ3v) is 3.41. The average Bonchev–Trinajstić information content (AvgIpc) is 2.63. The zero-order valence-electron chi connectivity index (χ0n) is 13.2. The van der Waals surface area contributed by atoms with Gasteiger partial charge in [0.15, 0.2) is 0 Å². The summed E-state index contributed by atoms with van der Waals surface area (Å²) < 4.78 is 0. The van der Waals surface area contributed by atoms with Crippen molar-refractivity contribution >= 4 is 17.4 Å². The molecule has 1 amide bonds. The molecule has 0 aliphatic rings. The molecule has 24 heavy (non-hydrogen) atoms. The third kappa shape index (κ3) is 4.13. The van der Waals surface area contributed by atoms with Crippen LogP contribution in [-0.4, -0.2) is 20.9 Å². The Morgan fingerprint density at radius 3 is 2.42 bits per heavy atom. The molecule has 0 saturated heterocycles. The highest BCUT2D eigenvalue weighted by molar-refractivity contribution is 5.92. The summed E-state index contributed by atoms with van der Waals surface area (Å²) in [6, 6.07) is 11.6. The quantitative estimate of drug-likeness (QED) is 0.756. The Hall–Kier alpha value is -3.28. The van der Waals surface area contributed by atoms with Crippen LogP contribution in [0, 0.1) is 6.92 Å². The molecule has 1 aromatic carbocycles. The topological polar surface area (TPSA) is 79.8 Å².